The van der Waals surface area contributed by atoms with Crippen molar-refractivity contribution in [2.75, 3.05) is 19.0 Å². The highest BCUT2D eigenvalue weighted by Crippen LogP contribution is 2.38. The summed E-state index contributed by atoms with van der Waals surface area (Å²) in [7, 11) is -3.93. The van der Waals surface area contributed by atoms with Crippen LogP contribution in [-0.4, -0.2) is 31.9 Å². The third kappa shape index (κ3) is 10.0. The lowest BCUT2D eigenvalue weighted by Gasteiger charge is -2.17. The summed E-state index contributed by atoms with van der Waals surface area (Å²) in [4.78, 5) is 0. The minimum absolute atomic E-state index is 0.251. The van der Waals surface area contributed by atoms with Crippen LogP contribution in [0.15, 0.2) is 61.2 Å². The molecule has 0 aliphatic rings. The molecule has 0 unspecified atom stereocenters. The molecule has 0 spiro atoms. The molecule has 0 fully saturated rings. The second kappa shape index (κ2) is 13.9. The van der Waals surface area contributed by atoms with Crippen LogP contribution in [0.25, 0.3) is 11.1 Å². The zero-order valence-corrected chi connectivity index (χ0v) is 19.0. The Morgan fingerprint density at radius 3 is 1.97 bits per heavy atom. The van der Waals surface area contributed by atoms with E-state index in [0.29, 0.717) is 31.8 Å². The molecular weight excluding hydrogens is 412 g/mol. The van der Waals surface area contributed by atoms with E-state index < -0.39 is 10.1 Å². The van der Waals surface area contributed by atoms with Gasteiger partial charge >= 0.3 is 0 Å². The summed E-state index contributed by atoms with van der Waals surface area (Å²) in [6, 6.07) is 15.7. The Hall–Kier alpha value is -2.31. The summed E-state index contributed by atoms with van der Waals surface area (Å²) in [5.41, 5.74) is 1.92. The molecule has 2 aromatic rings. The second-order valence-electron chi connectivity index (χ2n) is 7.53. The second-order valence-corrected chi connectivity index (χ2v) is 9.10. The van der Waals surface area contributed by atoms with Crippen LogP contribution in [0.1, 0.15) is 51.4 Å². The number of hydrogen-bond donors (Lipinski definition) is 1. The Kier molecular flexibility index (Phi) is 11.2. The predicted octanol–water partition coefficient (Wildman–Crippen LogP) is 6.31. The van der Waals surface area contributed by atoms with E-state index >= 15 is 0 Å². The van der Waals surface area contributed by atoms with E-state index in [1.807, 2.05) is 54.6 Å². The fourth-order valence-electron chi connectivity index (χ4n) is 3.31. The van der Waals surface area contributed by atoms with Crippen molar-refractivity contribution < 1.29 is 22.4 Å². The molecule has 0 atom stereocenters. The number of hydrogen-bond acceptors (Lipinski definition) is 4. The summed E-state index contributed by atoms with van der Waals surface area (Å²) < 4.78 is 42.6. The largest absolute Gasteiger partial charge is 0.493 e. The van der Waals surface area contributed by atoms with Crippen molar-refractivity contribution in [3.05, 3.63) is 61.2 Å². The van der Waals surface area contributed by atoms with Gasteiger partial charge in [0.05, 0.1) is 24.5 Å². The minimum Gasteiger partial charge on any atom is -0.493 e. The SMILES string of the molecule is C=CCCCCCCCOc1cccc(OCCCCS(=O)(=O)O)c1-c1ccccc1. The lowest BCUT2D eigenvalue weighted by Crippen LogP contribution is -2.07. The topological polar surface area (TPSA) is 72.8 Å². The molecule has 6 heteroatoms. The quantitative estimate of drug-likeness (QED) is 0.186. The monoisotopic (exact) mass is 446 g/mol. The van der Waals surface area contributed by atoms with Crippen molar-refractivity contribution in [3.63, 3.8) is 0 Å². The van der Waals surface area contributed by atoms with Gasteiger partial charge in [-0.1, -0.05) is 61.7 Å². The van der Waals surface area contributed by atoms with Gasteiger partial charge in [-0.05, 0) is 49.8 Å². The summed E-state index contributed by atoms with van der Waals surface area (Å²) in [6.07, 6.45) is 9.71. The van der Waals surface area contributed by atoms with Gasteiger partial charge in [-0.25, -0.2) is 0 Å². The molecule has 0 heterocycles. The van der Waals surface area contributed by atoms with Crippen molar-refractivity contribution in [3.8, 4) is 22.6 Å². The van der Waals surface area contributed by atoms with E-state index in [0.717, 1.165) is 36.1 Å². The predicted molar refractivity (Wildman–Crippen MR) is 126 cm³/mol. The molecule has 0 bridgehead atoms. The first-order valence-corrected chi connectivity index (χ1v) is 12.6. The summed E-state index contributed by atoms with van der Waals surface area (Å²) in [5.74, 6) is 1.24. The molecule has 0 saturated heterocycles. The molecule has 170 valence electrons. The third-order valence-corrected chi connectivity index (χ3v) is 5.72. The fraction of sp³-hybridized carbons (Fsp3) is 0.440. The lowest BCUT2D eigenvalue weighted by atomic mass is 10.0. The number of allylic oxidation sites excluding steroid dienone is 1. The van der Waals surface area contributed by atoms with Crippen LogP contribution in [0.5, 0.6) is 11.5 Å². The first-order valence-electron chi connectivity index (χ1n) is 11.0. The first kappa shape index (κ1) is 25.0. The molecule has 1 N–H and O–H groups in total. The van der Waals surface area contributed by atoms with Crippen LogP contribution < -0.4 is 9.47 Å². The fourth-order valence-corrected chi connectivity index (χ4v) is 3.88. The highest BCUT2D eigenvalue weighted by molar-refractivity contribution is 7.85. The van der Waals surface area contributed by atoms with Crippen LogP contribution in [0.3, 0.4) is 0 Å². The Labute approximate surface area is 186 Å². The van der Waals surface area contributed by atoms with E-state index in [4.69, 9.17) is 14.0 Å². The van der Waals surface area contributed by atoms with Crippen LogP contribution in [0.2, 0.25) is 0 Å². The van der Waals surface area contributed by atoms with E-state index in [1.54, 1.807) is 0 Å². The first-order chi connectivity index (χ1) is 15.0. The molecular formula is C25H34O5S. The van der Waals surface area contributed by atoms with E-state index in [9.17, 15) is 8.42 Å². The molecule has 0 aliphatic carbocycles. The molecule has 5 nitrogen and oxygen atoms in total. The molecule has 31 heavy (non-hydrogen) atoms. The van der Waals surface area contributed by atoms with Gasteiger partial charge in [0.1, 0.15) is 11.5 Å². The van der Waals surface area contributed by atoms with Gasteiger partial charge in [0.2, 0.25) is 0 Å². The van der Waals surface area contributed by atoms with Crippen molar-refractivity contribution in [2.24, 2.45) is 0 Å². The number of ether oxygens (including phenoxy) is 2. The van der Waals surface area contributed by atoms with Gasteiger partial charge in [0, 0.05) is 0 Å². The highest BCUT2D eigenvalue weighted by Gasteiger charge is 2.13. The van der Waals surface area contributed by atoms with Gasteiger partial charge in [-0.2, -0.15) is 8.42 Å². The van der Waals surface area contributed by atoms with Gasteiger partial charge in [-0.3, -0.25) is 4.55 Å². The Balaban J connectivity index is 1.96. The summed E-state index contributed by atoms with van der Waals surface area (Å²) >= 11 is 0. The highest BCUT2D eigenvalue weighted by atomic mass is 32.2. The molecule has 0 amide bonds. The van der Waals surface area contributed by atoms with E-state index in [1.165, 1.54) is 19.3 Å². The molecule has 0 aromatic heterocycles. The molecule has 2 aromatic carbocycles. The van der Waals surface area contributed by atoms with Gasteiger partial charge in [0.15, 0.2) is 0 Å². The standard InChI is InChI=1S/C25H34O5S/c1-2-3-4-5-6-7-11-19-29-23-17-14-18-24(25(23)22-15-9-8-10-16-22)30-20-12-13-21-31(26,27)28/h2,8-10,14-18H,1,3-7,11-13,19-21H2,(H,26,27,28). The lowest BCUT2D eigenvalue weighted by molar-refractivity contribution is 0.294. The van der Waals surface area contributed by atoms with E-state index in [2.05, 4.69) is 6.58 Å². The van der Waals surface area contributed by atoms with E-state index in [-0.39, 0.29) is 5.75 Å². The average Bonchev–Trinajstić information content (AvgIpc) is 2.75. The van der Waals surface area contributed by atoms with Gasteiger partial charge in [0.25, 0.3) is 10.1 Å². The third-order valence-electron chi connectivity index (χ3n) is 4.91. The van der Waals surface area contributed by atoms with Gasteiger partial charge in [-0.15, -0.1) is 6.58 Å². The Morgan fingerprint density at radius 2 is 1.35 bits per heavy atom. The number of rotatable bonds is 16. The summed E-state index contributed by atoms with van der Waals surface area (Å²) in [5, 5.41) is 0. The number of unbranched alkanes of at least 4 members (excludes halogenated alkanes) is 6. The molecule has 2 rings (SSSR count). The van der Waals surface area contributed by atoms with Crippen LogP contribution in [0, 0.1) is 0 Å². The van der Waals surface area contributed by atoms with Crippen LogP contribution in [-0.2, 0) is 10.1 Å². The maximum atomic E-state index is 10.9. The maximum absolute atomic E-state index is 10.9. The maximum Gasteiger partial charge on any atom is 0.264 e. The molecule has 0 saturated carbocycles. The average molecular weight is 447 g/mol. The van der Waals surface area contributed by atoms with Crippen molar-refractivity contribution in [1.29, 1.82) is 0 Å². The van der Waals surface area contributed by atoms with Crippen LogP contribution in [0.4, 0.5) is 0 Å². The zero-order chi connectivity index (χ0) is 22.4. The Morgan fingerprint density at radius 1 is 0.774 bits per heavy atom. The van der Waals surface area contributed by atoms with Crippen molar-refractivity contribution in [2.45, 2.75) is 51.4 Å². The van der Waals surface area contributed by atoms with Gasteiger partial charge < -0.3 is 9.47 Å². The van der Waals surface area contributed by atoms with Crippen molar-refractivity contribution in [1.82, 2.24) is 0 Å². The molecule has 0 radical (unpaired) electrons. The zero-order valence-electron chi connectivity index (χ0n) is 18.2. The molecule has 0 aliphatic heterocycles. The van der Waals surface area contributed by atoms with Crippen molar-refractivity contribution >= 4 is 10.1 Å². The normalized spacial score (nSPS) is 11.3. The summed E-state index contributed by atoms with van der Waals surface area (Å²) in [6.45, 7) is 4.77. The minimum atomic E-state index is -3.93. The Bertz CT molecular complexity index is 878. The smallest absolute Gasteiger partial charge is 0.264 e. The number of benzene rings is 2. The van der Waals surface area contributed by atoms with Crippen LogP contribution >= 0.6 is 0 Å².